The number of nitrogens with zero attached hydrogens (tertiary/aromatic N) is 4. The summed E-state index contributed by atoms with van der Waals surface area (Å²) in [6, 6.07) is 8.70. The van der Waals surface area contributed by atoms with Gasteiger partial charge in [0.15, 0.2) is 0 Å². The third kappa shape index (κ3) is 4.11. The lowest BCUT2D eigenvalue weighted by molar-refractivity contribution is 0.0735. The zero-order valence-electron chi connectivity index (χ0n) is 17.2. The summed E-state index contributed by atoms with van der Waals surface area (Å²) in [5.74, 6) is 0. The van der Waals surface area contributed by atoms with Crippen LogP contribution in [0, 0.1) is 0 Å². The molecule has 1 aliphatic carbocycles. The number of hydrogen-bond acceptors (Lipinski definition) is 6. The zero-order chi connectivity index (χ0) is 22.0. The second kappa shape index (κ2) is 8.99. The number of pyridine rings is 1. The number of aliphatic hydroxyl groups is 1. The first kappa shape index (κ1) is 21.2. The van der Waals surface area contributed by atoms with Crippen molar-refractivity contribution in [3.05, 3.63) is 63.9 Å². The molecule has 1 fully saturated rings. The summed E-state index contributed by atoms with van der Waals surface area (Å²) < 4.78 is 1.56. The number of nitrogens with two attached hydrogens (primary N) is 1. The van der Waals surface area contributed by atoms with E-state index in [1.165, 1.54) is 12.5 Å². The highest BCUT2D eigenvalue weighted by Gasteiger charge is 2.26. The quantitative estimate of drug-likeness (QED) is 0.606. The first-order valence-corrected chi connectivity index (χ1v) is 10.6. The molecule has 2 unspecified atom stereocenters. The number of aliphatic imine (C=N–C) groups is 1. The molecule has 1 saturated carbocycles. The maximum Gasteiger partial charge on any atom is 0.261 e. The summed E-state index contributed by atoms with van der Waals surface area (Å²) in [5, 5.41) is 11.5. The van der Waals surface area contributed by atoms with Crippen LogP contribution in [-0.2, 0) is 0 Å². The SMILES string of the molecule is CN=CC(=CN)c1nc(-c2ccc(Cl)cc2)cc2c(=O)n(C3CCCCC3O)cnc12. The first-order valence-electron chi connectivity index (χ1n) is 10.2. The van der Waals surface area contributed by atoms with E-state index in [2.05, 4.69) is 9.98 Å². The molecule has 2 atom stereocenters. The van der Waals surface area contributed by atoms with Crippen molar-refractivity contribution >= 4 is 34.3 Å². The normalized spacial score (nSPS) is 19.9. The predicted molar refractivity (Wildman–Crippen MR) is 124 cm³/mol. The van der Waals surface area contributed by atoms with Gasteiger partial charge in [0.25, 0.3) is 5.56 Å². The van der Waals surface area contributed by atoms with Gasteiger partial charge < -0.3 is 10.8 Å². The Labute approximate surface area is 184 Å². The molecule has 2 aromatic heterocycles. The third-order valence-electron chi connectivity index (χ3n) is 5.68. The van der Waals surface area contributed by atoms with Gasteiger partial charge in [-0.05, 0) is 31.0 Å². The minimum Gasteiger partial charge on any atom is -0.404 e. The molecule has 0 amide bonds. The van der Waals surface area contributed by atoms with E-state index in [1.807, 2.05) is 12.1 Å². The van der Waals surface area contributed by atoms with Gasteiger partial charge in [-0.3, -0.25) is 14.4 Å². The second-order valence-corrected chi connectivity index (χ2v) is 8.08. The molecule has 3 N–H and O–H groups in total. The third-order valence-corrected chi connectivity index (χ3v) is 5.93. The van der Waals surface area contributed by atoms with E-state index in [1.54, 1.807) is 36.0 Å². The molecule has 1 aliphatic rings. The summed E-state index contributed by atoms with van der Waals surface area (Å²) in [7, 11) is 1.64. The van der Waals surface area contributed by atoms with E-state index in [9.17, 15) is 9.90 Å². The van der Waals surface area contributed by atoms with Crippen LogP contribution < -0.4 is 11.3 Å². The molecule has 0 aliphatic heterocycles. The fourth-order valence-corrected chi connectivity index (χ4v) is 4.21. The lowest BCUT2D eigenvalue weighted by Gasteiger charge is -2.29. The highest BCUT2D eigenvalue weighted by atomic mass is 35.5. The van der Waals surface area contributed by atoms with Crippen LogP contribution in [0.1, 0.15) is 37.4 Å². The van der Waals surface area contributed by atoms with E-state index < -0.39 is 6.10 Å². The summed E-state index contributed by atoms with van der Waals surface area (Å²) in [4.78, 5) is 26.9. The Bertz CT molecular complexity index is 1220. The van der Waals surface area contributed by atoms with Crippen LogP contribution in [0.5, 0.6) is 0 Å². The van der Waals surface area contributed by atoms with Gasteiger partial charge >= 0.3 is 0 Å². The lowest BCUT2D eigenvalue weighted by Crippen LogP contribution is -2.35. The zero-order valence-corrected chi connectivity index (χ0v) is 18.0. The number of rotatable bonds is 4. The molecular weight excluding hydrogens is 414 g/mol. The molecule has 1 aromatic carbocycles. The van der Waals surface area contributed by atoms with Gasteiger partial charge in [-0.1, -0.05) is 36.6 Å². The molecule has 2 heterocycles. The molecule has 0 radical (unpaired) electrons. The molecule has 160 valence electrons. The van der Waals surface area contributed by atoms with Crippen molar-refractivity contribution in [2.45, 2.75) is 37.8 Å². The minimum absolute atomic E-state index is 0.209. The number of fused-ring (bicyclic) bond motifs is 1. The molecule has 3 aromatic rings. The van der Waals surface area contributed by atoms with Crippen LogP contribution in [0.2, 0.25) is 5.02 Å². The first-order chi connectivity index (χ1) is 15.0. The monoisotopic (exact) mass is 437 g/mol. The Kier molecular flexibility index (Phi) is 6.15. The van der Waals surface area contributed by atoms with Crippen molar-refractivity contribution < 1.29 is 5.11 Å². The fraction of sp³-hybridized carbons (Fsp3) is 0.304. The number of halogens is 1. The van der Waals surface area contributed by atoms with E-state index in [0.717, 1.165) is 24.8 Å². The Hall–Kier alpha value is -3.03. The van der Waals surface area contributed by atoms with Crippen molar-refractivity contribution in [3.63, 3.8) is 0 Å². The van der Waals surface area contributed by atoms with Crippen LogP contribution in [0.3, 0.4) is 0 Å². The minimum atomic E-state index is -0.561. The van der Waals surface area contributed by atoms with E-state index >= 15 is 0 Å². The van der Waals surface area contributed by atoms with Crippen molar-refractivity contribution in [2.75, 3.05) is 7.05 Å². The molecular formula is C23H24ClN5O2. The Morgan fingerprint density at radius 3 is 2.71 bits per heavy atom. The average Bonchev–Trinajstić information content (AvgIpc) is 2.78. The van der Waals surface area contributed by atoms with Crippen molar-refractivity contribution in [1.82, 2.24) is 14.5 Å². The predicted octanol–water partition coefficient (Wildman–Crippen LogP) is 3.59. The Balaban J connectivity index is 1.98. The van der Waals surface area contributed by atoms with Crippen molar-refractivity contribution in [3.8, 4) is 11.3 Å². The van der Waals surface area contributed by atoms with Crippen LogP contribution in [0.4, 0.5) is 0 Å². The fourth-order valence-electron chi connectivity index (χ4n) is 4.09. The maximum atomic E-state index is 13.5. The van der Waals surface area contributed by atoms with Crippen LogP contribution >= 0.6 is 11.6 Å². The Morgan fingerprint density at radius 2 is 2.03 bits per heavy atom. The average molecular weight is 438 g/mol. The number of allylic oxidation sites excluding steroid dienone is 1. The van der Waals surface area contributed by atoms with Gasteiger partial charge in [0, 0.05) is 35.6 Å². The van der Waals surface area contributed by atoms with Gasteiger partial charge in [-0.2, -0.15) is 0 Å². The molecule has 8 heteroatoms. The van der Waals surface area contributed by atoms with Gasteiger partial charge in [-0.25, -0.2) is 9.97 Å². The number of benzene rings is 1. The number of aromatic nitrogens is 3. The standard InChI is InChI=1S/C23H24ClN5O2/c1-26-12-15(11-25)21-22-17(10-18(28-21)14-6-8-16(24)9-7-14)23(31)29(13-27-22)19-4-2-3-5-20(19)30/h6-13,19-20,30H,2-5,25H2,1H3. The van der Waals surface area contributed by atoms with Gasteiger partial charge in [-0.15, -0.1) is 0 Å². The molecule has 4 rings (SSSR count). The smallest absolute Gasteiger partial charge is 0.261 e. The maximum absolute atomic E-state index is 13.5. The van der Waals surface area contributed by atoms with Crippen LogP contribution in [0.15, 0.2) is 52.6 Å². The summed E-state index contributed by atoms with van der Waals surface area (Å²) >= 11 is 6.03. The topological polar surface area (TPSA) is 106 Å². The number of aliphatic hydroxyl groups excluding tert-OH is 1. The van der Waals surface area contributed by atoms with Crippen LogP contribution in [-0.4, -0.2) is 39.0 Å². The summed E-state index contributed by atoms with van der Waals surface area (Å²) in [5.41, 5.74) is 8.52. The highest BCUT2D eigenvalue weighted by molar-refractivity contribution is 6.30. The summed E-state index contributed by atoms with van der Waals surface area (Å²) in [6.45, 7) is 0. The molecule has 0 spiro atoms. The second-order valence-electron chi connectivity index (χ2n) is 7.64. The Morgan fingerprint density at radius 1 is 1.29 bits per heavy atom. The van der Waals surface area contributed by atoms with Crippen LogP contribution in [0.25, 0.3) is 27.7 Å². The van der Waals surface area contributed by atoms with Gasteiger partial charge in [0.2, 0.25) is 0 Å². The van der Waals surface area contributed by atoms with Gasteiger partial charge in [0.05, 0.1) is 29.6 Å². The molecule has 7 nitrogen and oxygen atoms in total. The van der Waals surface area contributed by atoms with Gasteiger partial charge in [0.1, 0.15) is 11.2 Å². The summed E-state index contributed by atoms with van der Waals surface area (Å²) in [6.07, 6.45) is 7.29. The van der Waals surface area contributed by atoms with Crippen molar-refractivity contribution in [2.24, 2.45) is 10.7 Å². The molecule has 0 saturated heterocycles. The molecule has 31 heavy (non-hydrogen) atoms. The highest BCUT2D eigenvalue weighted by Crippen LogP contribution is 2.30. The van der Waals surface area contributed by atoms with E-state index in [-0.39, 0.29) is 11.6 Å². The van der Waals surface area contributed by atoms with Crippen molar-refractivity contribution in [1.29, 1.82) is 0 Å². The number of hydrogen-bond donors (Lipinski definition) is 2. The van der Waals surface area contributed by atoms with E-state index in [4.69, 9.17) is 22.3 Å². The largest absolute Gasteiger partial charge is 0.404 e. The lowest BCUT2D eigenvalue weighted by atomic mass is 9.92. The van der Waals surface area contributed by atoms with E-state index in [0.29, 0.717) is 39.3 Å². The molecule has 0 bridgehead atoms.